The third kappa shape index (κ3) is 9.76. The van der Waals surface area contributed by atoms with Gasteiger partial charge in [0.1, 0.15) is 0 Å². The van der Waals surface area contributed by atoms with E-state index in [1.807, 2.05) is 0 Å². The molecule has 1 atom stereocenters. The highest BCUT2D eigenvalue weighted by Gasteiger charge is 2.23. The van der Waals surface area contributed by atoms with E-state index in [4.69, 9.17) is 0 Å². The molecule has 3 aliphatic heterocycles. The van der Waals surface area contributed by atoms with E-state index >= 15 is 0 Å². The number of likely N-dealkylation sites (tertiary alicyclic amines) is 3. The summed E-state index contributed by atoms with van der Waals surface area (Å²) < 4.78 is 0. The standard InChI is InChI=1S/C9H19N.C8H17N.C7H15N/c1-8(2)10-6-4-9(3)5-7-10;1-7(2)9-5-4-8(3)6-9;1-6(2)8-4-7(3)5-8/h8-9H,4-7H2,1-3H3;7-8H,4-6H2,1-3H3;6-7H,4-5H2,1-3H3. The normalized spacial score (nSPS) is 26.0. The molecular weight excluding hydrogens is 330 g/mol. The van der Waals surface area contributed by atoms with Crippen LogP contribution in [-0.4, -0.2) is 72.1 Å². The number of piperidine rings is 1. The van der Waals surface area contributed by atoms with Crippen LogP contribution in [-0.2, 0) is 0 Å². The summed E-state index contributed by atoms with van der Waals surface area (Å²) in [6, 6.07) is 2.29. The third-order valence-electron chi connectivity index (χ3n) is 6.56. The molecule has 1 unspecified atom stereocenters. The topological polar surface area (TPSA) is 9.72 Å². The molecule has 0 N–H and O–H groups in total. The van der Waals surface area contributed by atoms with Crippen LogP contribution in [0, 0.1) is 17.8 Å². The van der Waals surface area contributed by atoms with Crippen LogP contribution >= 0.6 is 0 Å². The fourth-order valence-electron chi connectivity index (χ4n) is 4.15. The zero-order chi connectivity index (χ0) is 20.6. The van der Waals surface area contributed by atoms with Crippen molar-refractivity contribution in [2.45, 2.75) is 99.7 Å². The van der Waals surface area contributed by atoms with Crippen molar-refractivity contribution in [2.75, 3.05) is 39.3 Å². The highest BCUT2D eigenvalue weighted by molar-refractivity contribution is 4.78. The Balaban J connectivity index is 0.000000204. The zero-order valence-electron chi connectivity index (χ0n) is 20.2. The lowest BCUT2D eigenvalue weighted by atomic mass is 9.98. The molecule has 0 radical (unpaired) electrons. The predicted octanol–water partition coefficient (Wildman–Crippen LogP) is 5.21. The average molecular weight is 382 g/mol. The Morgan fingerprint density at radius 3 is 1.11 bits per heavy atom. The molecule has 3 nitrogen and oxygen atoms in total. The van der Waals surface area contributed by atoms with E-state index in [0.717, 1.165) is 35.9 Å². The van der Waals surface area contributed by atoms with Gasteiger partial charge in [-0.05, 0) is 98.2 Å². The lowest BCUT2D eigenvalue weighted by molar-refractivity contribution is 0.0787. The molecule has 3 aliphatic rings. The van der Waals surface area contributed by atoms with Crippen molar-refractivity contribution in [3.63, 3.8) is 0 Å². The second-order valence-electron chi connectivity index (χ2n) is 10.4. The number of rotatable bonds is 3. The van der Waals surface area contributed by atoms with Gasteiger partial charge in [-0.15, -0.1) is 0 Å². The maximum absolute atomic E-state index is 2.57. The molecule has 0 aromatic rings. The summed E-state index contributed by atoms with van der Waals surface area (Å²) in [5.41, 5.74) is 0. The van der Waals surface area contributed by atoms with Crippen LogP contribution < -0.4 is 0 Å². The SMILES string of the molecule is CC1CCN(C(C)C)C1.CC1CCN(C(C)C)CC1.CC1CN(C(C)C)C1. The van der Waals surface area contributed by atoms with Crippen LogP contribution in [0.15, 0.2) is 0 Å². The van der Waals surface area contributed by atoms with Gasteiger partial charge in [-0.3, -0.25) is 0 Å². The average Bonchev–Trinajstić information content (AvgIpc) is 3.00. The molecular formula is C24H51N3. The second-order valence-corrected chi connectivity index (χ2v) is 10.4. The molecule has 0 saturated carbocycles. The van der Waals surface area contributed by atoms with Gasteiger partial charge in [-0.1, -0.05) is 20.8 Å². The van der Waals surface area contributed by atoms with Crippen LogP contribution in [0.3, 0.4) is 0 Å². The van der Waals surface area contributed by atoms with E-state index < -0.39 is 0 Å². The van der Waals surface area contributed by atoms with Crippen LogP contribution in [0.5, 0.6) is 0 Å². The maximum Gasteiger partial charge on any atom is 0.00388 e. The van der Waals surface area contributed by atoms with Crippen LogP contribution in [0.4, 0.5) is 0 Å². The first kappa shape index (κ1) is 24.9. The van der Waals surface area contributed by atoms with Gasteiger partial charge in [0.15, 0.2) is 0 Å². The lowest BCUT2D eigenvalue weighted by Crippen LogP contribution is -2.48. The predicted molar refractivity (Wildman–Crippen MR) is 121 cm³/mol. The molecule has 0 aromatic carbocycles. The van der Waals surface area contributed by atoms with Gasteiger partial charge >= 0.3 is 0 Å². The lowest BCUT2D eigenvalue weighted by Gasteiger charge is -2.40. The van der Waals surface area contributed by atoms with Crippen molar-refractivity contribution in [1.82, 2.24) is 14.7 Å². The van der Waals surface area contributed by atoms with E-state index in [1.165, 1.54) is 58.5 Å². The van der Waals surface area contributed by atoms with Crippen molar-refractivity contribution in [2.24, 2.45) is 17.8 Å². The van der Waals surface area contributed by atoms with E-state index in [9.17, 15) is 0 Å². The van der Waals surface area contributed by atoms with Gasteiger partial charge in [0.25, 0.3) is 0 Å². The molecule has 27 heavy (non-hydrogen) atoms. The van der Waals surface area contributed by atoms with Crippen molar-refractivity contribution in [3.05, 3.63) is 0 Å². The highest BCUT2D eigenvalue weighted by Crippen LogP contribution is 2.18. The zero-order valence-corrected chi connectivity index (χ0v) is 20.2. The molecule has 0 bridgehead atoms. The summed E-state index contributed by atoms with van der Waals surface area (Å²) >= 11 is 0. The summed E-state index contributed by atoms with van der Waals surface area (Å²) in [5, 5.41) is 0. The summed E-state index contributed by atoms with van der Waals surface area (Å²) in [5.74, 6) is 2.86. The summed E-state index contributed by atoms with van der Waals surface area (Å²) in [6.07, 6.45) is 4.20. The number of hydrogen-bond acceptors (Lipinski definition) is 3. The van der Waals surface area contributed by atoms with Crippen LogP contribution in [0.25, 0.3) is 0 Å². The first-order valence-electron chi connectivity index (χ1n) is 11.8. The van der Waals surface area contributed by atoms with E-state index in [0.29, 0.717) is 0 Å². The van der Waals surface area contributed by atoms with E-state index in [1.54, 1.807) is 0 Å². The molecule has 0 aromatic heterocycles. The van der Waals surface area contributed by atoms with E-state index in [-0.39, 0.29) is 0 Å². The van der Waals surface area contributed by atoms with Crippen molar-refractivity contribution in [3.8, 4) is 0 Å². The molecule has 3 heterocycles. The smallest absolute Gasteiger partial charge is 0.00388 e. The first-order valence-corrected chi connectivity index (χ1v) is 11.8. The van der Waals surface area contributed by atoms with E-state index in [2.05, 4.69) is 77.0 Å². The van der Waals surface area contributed by atoms with Gasteiger partial charge in [0, 0.05) is 37.8 Å². The Morgan fingerprint density at radius 1 is 0.481 bits per heavy atom. The monoisotopic (exact) mass is 381 g/mol. The third-order valence-corrected chi connectivity index (χ3v) is 6.56. The molecule has 3 fully saturated rings. The minimum atomic E-state index is 0.757. The summed E-state index contributed by atoms with van der Waals surface area (Å²) in [4.78, 5) is 7.61. The van der Waals surface area contributed by atoms with Crippen LogP contribution in [0.2, 0.25) is 0 Å². The molecule has 3 rings (SSSR count). The largest absolute Gasteiger partial charge is 0.301 e. The van der Waals surface area contributed by atoms with Crippen LogP contribution in [0.1, 0.15) is 81.6 Å². The Hall–Kier alpha value is -0.120. The summed E-state index contributed by atoms with van der Waals surface area (Å²) in [6.45, 7) is 28.5. The Morgan fingerprint density at radius 2 is 0.852 bits per heavy atom. The van der Waals surface area contributed by atoms with Crippen molar-refractivity contribution < 1.29 is 0 Å². The van der Waals surface area contributed by atoms with Crippen molar-refractivity contribution >= 4 is 0 Å². The Bertz CT molecular complexity index is 366. The molecule has 0 aliphatic carbocycles. The van der Waals surface area contributed by atoms with Gasteiger partial charge in [-0.25, -0.2) is 0 Å². The maximum atomic E-state index is 2.57. The minimum Gasteiger partial charge on any atom is -0.301 e. The second kappa shape index (κ2) is 12.4. The Labute approximate surface area is 171 Å². The Kier molecular flexibility index (Phi) is 11.5. The van der Waals surface area contributed by atoms with Gasteiger partial charge < -0.3 is 14.7 Å². The van der Waals surface area contributed by atoms with Gasteiger partial charge in [0.05, 0.1) is 0 Å². The van der Waals surface area contributed by atoms with Gasteiger partial charge in [0.2, 0.25) is 0 Å². The van der Waals surface area contributed by atoms with Gasteiger partial charge in [-0.2, -0.15) is 0 Å². The first-order chi connectivity index (χ1) is 12.6. The quantitative estimate of drug-likeness (QED) is 0.664. The molecule has 0 amide bonds. The number of nitrogens with zero attached hydrogens (tertiary/aromatic N) is 3. The molecule has 3 heteroatoms. The highest BCUT2D eigenvalue weighted by atomic mass is 15.2. The fourth-order valence-corrected chi connectivity index (χ4v) is 4.15. The molecule has 0 spiro atoms. The summed E-state index contributed by atoms with van der Waals surface area (Å²) in [7, 11) is 0. The van der Waals surface area contributed by atoms with Crippen molar-refractivity contribution in [1.29, 1.82) is 0 Å². The fraction of sp³-hybridized carbons (Fsp3) is 1.00. The minimum absolute atomic E-state index is 0.757. The molecule has 3 saturated heterocycles. The molecule has 162 valence electrons. The number of hydrogen-bond donors (Lipinski definition) is 0.